The highest BCUT2D eigenvalue weighted by Gasteiger charge is 2.28. The van der Waals surface area contributed by atoms with Crippen molar-refractivity contribution in [1.82, 2.24) is 9.80 Å². The minimum atomic E-state index is -3.90. The highest BCUT2D eigenvalue weighted by molar-refractivity contribution is 7.89. The first kappa shape index (κ1) is 30.6. The molecule has 3 amide bonds. The Balaban J connectivity index is 3.01. The second-order valence-electron chi connectivity index (χ2n) is 9.82. The molecular formula is C22H34N4O9S. The molecule has 1 rings (SSSR count). The SMILES string of the molecule is CC(C)(C)OC(=O)N(CCN(CC(=O)Nc1ccc(S(N)(=O)=O)cc1)C(=O)OC(C)(C)C)CC(=O)O. The van der Waals surface area contributed by atoms with E-state index in [1.807, 2.05) is 0 Å². The molecule has 0 bridgehead atoms. The molecule has 0 heterocycles. The first-order chi connectivity index (χ1) is 16.3. The number of benzene rings is 1. The first-order valence-corrected chi connectivity index (χ1v) is 12.4. The van der Waals surface area contributed by atoms with Crippen LogP contribution in [0.4, 0.5) is 15.3 Å². The number of carboxylic acids is 1. The number of anilines is 1. The van der Waals surface area contributed by atoms with E-state index < -0.39 is 58.4 Å². The smallest absolute Gasteiger partial charge is 0.410 e. The van der Waals surface area contributed by atoms with Gasteiger partial charge in [0.1, 0.15) is 24.3 Å². The first-order valence-electron chi connectivity index (χ1n) is 10.9. The summed E-state index contributed by atoms with van der Waals surface area (Å²) in [5, 5.41) is 16.7. The van der Waals surface area contributed by atoms with E-state index in [9.17, 15) is 32.7 Å². The second kappa shape index (κ2) is 12.0. The summed E-state index contributed by atoms with van der Waals surface area (Å²) in [5.74, 6) is -1.93. The normalized spacial score (nSPS) is 11.9. The molecule has 0 aliphatic rings. The number of carbonyl (C=O) groups is 4. The van der Waals surface area contributed by atoms with Crippen molar-refractivity contribution in [2.24, 2.45) is 5.14 Å². The Kier molecular flexibility index (Phi) is 10.2. The molecule has 1 aromatic rings. The predicted molar refractivity (Wildman–Crippen MR) is 130 cm³/mol. The summed E-state index contributed by atoms with van der Waals surface area (Å²) in [5.41, 5.74) is -1.52. The van der Waals surface area contributed by atoms with Gasteiger partial charge in [-0.15, -0.1) is 0 Å². The van der Waals surface area contributed by atoms with Crippen LogP contribution in [-0.4, -0.2) is 84.8 Å². The van der Waals surface area contributed by atoms with Crippen molar-refractivity contribution in [3.8, 4) is 0 Å². The molecule has 0 spiro atoms. The Morgan fingerprint density at radius 1 is 0.861 bits per heavy atom. The molecular weight excluding hydrogens is 496 g/mol. The predicted octanol–water partition coefficient (Wildman–Crippen LogP) is 1.83. The lowest BCUT2D eigenvalue weighted by atomic mass is 10.2. The average molecular weight is 531 g/mol. The molecule has 0 unspecified atom stereocenters. The van der Waals surface area contributed by atoms with Gasteiger partial charge in [0, 0.05) is 18.8 Å². The minimum Gasteiger partial charge on any atom is -0.480 e. The van der Waals surface area contributed by atoms with E-state index in [4.69, 9.17) is 14.6 Å². The summed E-state index contributed by atoms with van der Waals surface area (Å²) < 4.78 is 33.3. The number of carbonyl (C=O) groups excluding carboxylic acids is 3. The number of sulfonamides is 1. The Labute approximate surface area is 210 Å². The van der Waals surface area contributed by atoms with E-state index >= 15 is 0 Å². The van der Waals surface area contributed by atoms with E-state index in [1.165, 1.54) is 24.3 Å². The number of primary sulfonamides is 1. The quantitative estimate of drug-likeness (QED) is 0.428. The van der Waals surface area contributed by atoms with E-state index in [1.54, 1.807) is 41.5 Å². The molecule has 0 aliphatic heterocycles. The van der Waals surface area contributed by atoms with Crippen molar-refractivity contribution < 1.29 is 42.2 Å². The van der Waals surface area contributed by atoms with Crippen LogP contribution >= 0.6 is 0 Å². The lowest BCUT2D eigenvalue weighted by molar-refractivity contribution is -0.138. The number of nitrogens with one attached hydrogen (secondary N) is 1. The monoisotopic (exact) mass is 530 g/mol. The number of rotatable bonds is 9. The zero-order valence-corrected chi connectivity index (χ0v) is 22.0. The second-order valence-corrected chi connectivity index (χ2v) is 11.4. The summed E-state index contributed by atoms with van der Waals surface area (Å²) in [7, 11) is -3.90. The van der Waals surface area contributed by atoms with Crippen LogP contribution in [0.15, 0.2) is 29.2 Å². The fraction of sp³-hybridized carbons (Fsp3) is 0.545. The van der Waals surface area contributed by atoms with Crippen LogP contribution in [0.2, 0.25) is 0 Å². The fourth-order valence-electron chi connectivity index (χ4n) is 2.63. The van der Waals surface area contributed by atoms with Crippen molar-refractivity contribution >= 4 is 39.8 Å². The lowest BCUT2D eigenvalue weighted by Crippen LogP contribution is -2.47. The van der Waals surface area contributed by atoms with Gasteiger partial charge in [-0.3, -0.25) is 19.4 Å². The number of aliphatic carboxylic acids is 1. The molecule has 36 heavy (non-hydrogen) atoms. The van der Waals surface area contributed by atoms with Crippen molar-refractivity contribution in [3.05, 3.63) is 24.3 Å². The zero-order valence-electron chi connectivity index (χ0n) is 21.2. The molecule has 0 aliphatic carbocycles. The van der Waals surface area contributed by atoms with E-state index in [-0.39, 0.29) is 23.7 Å². The Morgan fingerprint density at radius 3 is 1.64 bits per heavy atom. The van der Waals surface area contributed by atoms with Crippen molar-refractivity contribution in [3.63, 3.8) is 0 Å². The Morgan fingerprint density at radius 2 is 1.28 bits per heavy atom. The van der Waals surface area contributed by atoms with Crippen LogP contribution in [0.5, 0.6) is 0 Å². The van der Waals surface area contributed by atoms with Crippen LogP contribution in [0.3, 0.4) is 0 Å². The maximum absolute atomic E-state index is 12.7. The molecule has 0 aromatic heterocycles. The summed E-state index contributed by atoms with van der Waals surface area (Å²) >= 11 is 0. The van der Waals surface area contributed by atoms with Crippen LogP contribution in [0.25, 0.3) is 0 Å². The Bertz CT molecular complexity index is 1060. The molecule has 0 saturated heterocycles. The van der Waals surface area contributed by atoms with Crippen LogP contribution in [0, 0.1) is 0 Å². The molecule has 13 nitrogen and oxygen atoms in total. The van der Waals surface area contributed by atoms with Gasteiger partial charge in [-0.1, -0.05) is 0 Å². The van der Waals surface area contributed by atoms with Crippen molar-refractivity contribution in [2.45, 2.75) is 57.6 Å². The molecule has 14 heteroatoms. The molecule has 1 aromatic carbocycles. The van der Waals surface area contributed by atoms with E-state index in [0.29, 0.717) is 0 Å². The van der Waals surface area contributed by atoms with Crippen LogP contribution in [0.1, 0.15) is 41.5 Å². The van der Waals surface area contributed by atoms with Gasteiger partial charge in [0.2, 0.25) is 15.9 Å². The number of amides is 3. The van der Waals surface area contributed by atoms with E-state index in [0.717, 1.165) is 9.80 Å². The van der Waals surface area contributed by atoms with Gasteiger partial charge in [0.05, 0.1) is 4.90 Å². The van der Waals surface area contributed by atoms with Gasteiger partial charge in [-0.25, -0.2) is 23.1 Å². The van der Waals surface area contributed by atoms with Crippen LogP contribution < -0.4 is 10.5 Å². The zero-order chi connectivity index (χ0) is 27.9. The third-order valence-corrected chi connectivity index (χ3v) is 5.00. The summed E-state index contributed by atoms with van der Waals surface area (Å²) in [6, 6.07) is 5.07. The Hall–Kier alpha value is -3.39. The molecule has 202 valence electrons. The number of hydrogen-bond donors (Lipinski definition) is 3. The molecule has 4 N–H and O–H groups in total. The molecule has 0 saturated carbocycles. The highest BCUT2D eigenvalue weighted by Crippen LogP contribution is 2.14. The van der Waals surface area contributed by atoms with Gasteiger partial charge < -0.3 is 19.9 Å². The summed E-state index contributed by atoms with van der Waals surface area (Å²) in [6.45, 7) is 8.09. The third kappa shape index (κ3) is 11.8. The standard InChI is InChI=1S/C22H34N4O9S/c1-21(2,3)34-19(30)25(11-12-26(14-18(28)29)20(31)35-22(4,5)6)13-17(27)24-15-7-9-16(10-8-15)36(23,32)33/h7-10H,11-14H2,1-6H3,(H,24,27)(H,28,29)(H2,23,32,33). The largest absolute Gasteiger partial charge is 0.480 e. The number of nitrogens with zero attached hydrogens (tertiary/aromatic N) is 2. The van der Waals surface area contributed by atoms with E-state index in [2.05, 4.69) is 5.32 Å². The summed E-state index contributed by atoms with van der Waals surface area (Å²) in [6.07, 6.45) is -1.75. The number of nitrogens with two attached hydrogens (primary N) is 1. The molecule has 0 radical (unpaired) electrons. The molecule has 0 fully saturated rings. The maximum Gasteiger partial charge on any atom is 0.410 e. The van der Waals surface area contributed by atoms with Gasteiger partial charge in [0.15, 0.2) is 0 Å². The maximum atomic E-state index is 12.7. The number of carboxylic acid groups (broad SMARTS) is 1. The lowest BCUT2D eigenvalue weighted by Gasteiger charge is -2.30. The highest BCUT2D eigenvalue weighted by atomic mass is 32.2. The molecule has 0 atom stereocenters. The van der Waals surface area contributed by atoms with Crippen LogP contribution in [-0.2, 0) is 29.1 Å². The minimum absolute atomic E-state index is 0.142. The number of ether oxygens (including phenoxy) is 2. The van der Waals surface area contributed by atoms with Crippen molar-refractivity contribution in [1.29, 1.82) is 0 Å². The van der Waals surface area contributed by atoms with Gasteiger partial charge in [-0.2, -0.15) is 0 Å². The van der Waals surface area contributed by atoms with Gasteiger partial charge in [-0.05, 0) is 65.8 Å². The van der Waals surface area contributed by atoms with Gasteiger partial charge in [0.25, 0.3) is 0 Å². The average Bonchev–Trinajstić information content (AvgIpc) is 2.66. The fourth-order valence-corrected chi connectivity index (χ4v) is 3.14. The summed E-state index contributed by atoms with van der Waals surface area (Å²) in [4.78, 5) is 50.8. The van der Waals surface area contributed by atoms with Gasteiger partial charge >= 0.3 is 18.2 Å². The third-order valence-electron chi connectivity index (χ3n) is 4.07. The topological polar surface area (TPSA) is 186 Å². The number of hydrogen-bond acceptors (Lipinski definition) is 8. The van der Waals surface area contributed by atoms with Crippen molar-refractivity contribution in [2.75, 3.05) is 31.5 Å².